The van der Waals surface area contributed by atoms with Crippen LogP contribution in [0.15, 0.2) is 182 Å². The summed E-state index contributed by atoms with van der Waals surface area (Å²) in [5.41, 5.74) is 16.4. The van der Waals surface area contributed by atoms with Crippen LogP contribution in [-0.4, -0.2) is 14.0 Å². The fourth-order valence-electron chi connectivity index (χ4n) is 9.37. The lowest BCUT2D eigenvalue weighted by atomic mass is 9.98. The second-order valence-electron chi connectivity index (χ2n) is 14.7. The van der Waals surface area contributed by atoms with Crippen molar-refractivity contribution < 1.29 is 0 Å². The monoisotopic (exact) mass is 699 g/mol. The molecule has 0 N–H and O–H groups in total. The van der Waals surface area contributed by atoms with Crippen molar-refractivity contribution in [2.24, 2.45) is 0 Å². The van der Waals surface area contributed by atoms with Crippen molar-refractivity contribution in [1.82, 2.24) is 14.0 Å². The standard InChI is InChI=1S/C52H33N3/c1-32-50(36-26-24-35(25-27-36)33-14-4-2-5-15-33)53-43-21-11-8-18-39(43)51(32)55-44-22-12-9-19-40(44)48-47(55)31-42-38-29-28-37(34-16-6-3-7-17-34)30-46(38)54-45-23-13-10-20-41(45)49(48)52(42)54/h2-31H,1H3. The SMILES string of the molecule is Cc1c(-c2ccc(-c3ccccc3)cc2)nc2ccccc2c1-n1c2ccccc2c2c3c4ccccc4n4c5cc(-c6ccccc6)ccc5c(cc21)c34. The van der Waals surface area contributed by atoms with Gasteiger partial charge in [-0.25, -0.2) is 4.98 Å². The highest BCUT2D eigenvalue weighted by molar-refractivity contribution is 6.36. The van der Waals surface area contributed by atoms with E-state index < -0.39 is 0 Å². The molecule has 8 aromatic carbocycles. The second-order valence-corrected chi connectivity index (χ2v) is 14.7. The van der Waals surface area contributed by atoms with Gasteiger partial charge in [0.15, 0.2) is 0 Å². The van der Waals surface area contributed by atoms with Crippen LogP contribution in [0.4, 0.5) is 0 Å². The van der Waals surface area contributed by atoms with Crippen LogP contribution >= 0.6 is 0 Å². The molecule has 0 bridgehead atoms. The van der Waals surface area contributed by atoms with Crippen molar-refractivity contribution in [1.29, 1.82) is 0 Å². The van der Waals surface area contributed by atoms with E-state index in [0.717, 1.165) is 27.7 Å². The van der Waals surface area contributed by atoms with Crippen LogP contribution in [0.25, 0.3) is 110 Å². The molecule has 12 rings (SSSR count). The van der Waals surface area contributed by atoms with E-state index in [0.29, 0.717) is 0 Å². The van der Waals surface area contributed by atoms with Gasteiger partial charge in [-0.15, -0.1) is 0 Å². The molecular weight excluding hydrogens is 667 g/mol. The van der Waals surface area contributed by atoms with Gasteiger partial charge in [0.25, 0.3) is 0 Å². The van der Waals surface area contributed by atoms with Gasteiger partial charge in [-0.2, -0.15) is 0 Å². The van der Waals surface area contributed by atoms with E-state index >= 15 is 0 Å². The first-order valence-corrected chi connectivity index (χ1v) is 19.0. The Labute approximate surface area is 317 Å². The van der Waals surface area contributed by atoms with E-state index in [1.165, 1.54) is 87.8 Å². The zero-order valence-electron chi connectivity index (χ0n) is 30.2. The topological polar surface area (TPSA) is 22.2 Å². The molecule has 0 spiro atoms. The fraction of sp³-hybridized carbons (Fsp3) is 0.0192. The Bertz CT molecular complexity index is 3460. The number of para-hydroxylation sites is 3. The molecule has 3 heteroatoms. The number of pyridine rings is 1. The maximum atomic E-state index is 5.35. The van der Waals surface area contributed by atoms with Gasteiger partial charge in [-0.05, 0) is 59.5 Å². The largest absolute Gasteiger partial charge is 0.308 e. The van der Waals surface area contributed by atoms with Crippen molar-refractivity contribution in [2.45, 2.75) is 6.92 Å². The molecular formula is C52H33N3. The van der Waals surface area contributed by atoms with Gasteiger partial charge in [-0.3, -0.25) is 0 Å². The molecule has 0 amide bonds. The zero-order valence-corrected chi connectivity index (χ0v) is 30.2. The van der Waals surface area contributed by atoms with Gasteiger partial charge in [0.05, 0.1) is 44.5 Å². The van der Waals surface area contributed by atoms with E-state index in [1.54, 1.807) is 0 Å². The number of hydrogen-bond donors (Lipinski definition) is 0. The van der Waals surface area contributed by atoms with Gasteiger partial charge in [0.1, 0.15) is 0 Å². The van der Waals surface area contributed by atoms with Crippen molar-refractivity contribution >= 4 is 70.8 Å². The van der Waals surface area contributed by atoms with E-state index in [-0.39, 0.29) is 0 Å². The molecule has 0 aliphatic heterocycles. The third-order valence-electron chi connectivity index (χ3n) is 11.8. The summed E-state index contributed by atoms with van der Waals surface area (Å²) in [5.74, 6) is 0. The smallest absolute Gasteiger partial charge is 0.0759 e. The van der Waals surface area contributed by atoms with E-state index in [4.69, 9.17) is 4.98 Å². The van der Waals surface area contributed by atoms with Crippen LogP contribution in [0.3, 0.4) is 0 Å². The predicted molar refractivity (Wildman–Crippen MR) is 232 cm³/mol. The molecule has 0 fully saturated rings. The number of fused-ring (bicyclic) bond motifs is 11. The fourth-order valence-corrected chi connectivity index (χ4v) is 9.37. The molecule has 256 valence electrons. The third-order valence-corrected chi connectivity index (χ3v) is 11.8. The molecule has 4 heterocycles. The Balaban J connectivity index is 1.21. The maximum absolute atomic E-state index is 5.35. The minimum Gasteiger partial charge on any atom is -0.308 e. The molecule has 0 saturated carbocycles. The van der Waals surface area contributed by atoms with Crippen molar-refractivity contribution in [3.05, 3.63) is 188 Å². The lowest BCUT2D eigenvalue weighted by Crippen LogP contribution is -2.02. The van der Waals surface area contributed by atoms with Crippen LogP contribution in [0.5, 0.6) is 0 Å². The first kappa shape index (κ1) is 30.3. The van der Waals surface area contributed by atoms with E-state index in [9.17, 15) is 0 Å². The Morgan fingerprint density at radius 1 is 0.382 bits per heavy atom. The molecule has 55 heavy (non-hydrogen) atoms. The summed E-state index contributed by atoms with van der Waals surface area (Å²) in [5, 5.41) is 8.79. The molecule has 3 nitrogen and oxygen atoms in total. The van der Waals surface area contributed by atoms with E-state index in [2.05, 4.69) is 198 Å². The first-order chi connectivity index (χ1) is 27.2. The van der Waals surface area contributed by atoms with Crippen LogP contribution in [-0.2, 0) is 0 Å². The van der Waals surface area contributed by atoms with Crippen LogP contribution in [0, 0.1) is 6.92 Å². The minimum atomic E-state index is 0.983. The average Bonchev–Trinajstić information content (AvgIpc) is 3.88. The first-order valence-electron chi connectivity index (χ1n) is 19.0. The summed E-state index contributed by atoms with van der Waals surface area (Å²) in [7, 11) is 0. The average molecular weight is 700 g/mol. The zero-order chi connectivity index (χ0) is 36.2. The summed E-state index contributed by atoms with van der Waals surface area (Å²) in [4.78, 5) is 5.35. The molecule has 0 saturated heterocycles. The molecule has 0 atom stereocenters. The Morgan fingerprint density at radius 2 is 0.945 bits per heavy atom. The quantitative estimate of drug-likeness (QED) is 0.179. The summed E-state index contributed by atoms with van der Waals surface area (Å²) in [6.07, 6.45) is 0. The van der Waals surface area contributed by atoms with Gasteiger partial charge in [0, 0.05) is 48.8 Å². The second kappa shape index (κ2) is 11.4. The maximum Gasteiger partial charge on any atom is 0.0759 e. The number of aromatic nitrogens is 3. The summed E-state index contributed by atoms with van der Waals surface area (Å²) in [6.45, 7) is 2.25. The number of hydrogen-bond acceptors (Lipinski definition) is 1. The Kier molecular flexibility index (Phi) is 6.26. The Hall–Kier alpha value is -7.23. The van der Waals surface area contributed by atoms with Gasteiger partial charge in [-0.1, -0.05) is 152 Å². The highest BCUT2D eigenvalue weighted by Gasteiger charge is 2.26. The van der Waals surface area contributed by atoms with Crippen LogP contribution in [0.1, 0.15) is 5.56 Å². The summed E-state index contributed by atoms with van der Waals surface area (Å²) in [6, 6.07) is 66.1. The summed E-state index contributed by atoms with van der Waals surface area (Å²) >= 11 is 0. The minimum absolute atomic E-state index is 0.983. The molecule has 4 aromatic heterocycles. The molecule has 0 radical (unpaired) electrons. The molecule has 0 unspecified atom stereocenters. The number of nitrogens with zero attached hydrogens (tertiary/aromatic N) is 3. The van der Waals surface area contributed by atoms with E-state index in [1.807, 2.05) is 0 Å². The van der Waals surface area contributed by atoms with Gasteiger partial charge in [0.2, 0.25) is 0 Å². The van der Waals surface area contributed by atoms with Gasteiger partial charge < -0.3 is 8.97 Å². The molecule has 12 aromatic rings. The molecule has 0 aliphatic rings. The number of rotatable bonds is 4. The van der Waals surface area contributed by atoms with Crippen molar-refractivity contribution in [3.8, 4) is 39.2 Å². The predicted octanol–water partition coefficient (Wildman–Crippen LogP) is 13.8. The van der Waals surface area contributed by atoms with Gasteiger partial charge >= 0.3 is 0 Å². The lowest BCUT2D eigenvalue weighted by Gasteiger charge is -2.18. The highest BCUT2D eigenvalue weighted by Crippen LogP contribution is 2.48. The molecule has 0 aliphatic carbocycles. The number of benzene rings is 8. The lowest BCUT2D eigenvalue weighted by molar-refractivity contribution is 1.15. The normalized spacial score (nSPS) is 12.1. The summed E-state index contributed by atoms with van der Waals surface area (Å²) < 4.78 is 5.04. The van der Waals surface area contributed by atoms with Crippen LogP contribution in [0.2, 0.25) is 0 Å². The van der Waals surface area contributed by atoms with Crippen LogP contribution < -0.4 is 0 Å². The van der Waals surface area contributed by atoms with Crippen molar-refractivity contribution in [2.75, 3.05) is 0 Å². The van der Waals surface area contributed by atoms with Crippen molar-refractivity contribution in [3.63, 3.8) is 0 Å². The third kappa shape index (κ3) is 4.24. The highest BCUT2D eigenvalue weighted by atomic mass is 15.0. The Morgan fingerprint density at radius 3 is 1.69 bits per heavy atom.